The van der Waals surface area contributed by atoms with E-state index < -0.39 is 9.84 Å². The summed E-state index contributed by atoms with van der Waals surface area (Å²) in [6.45, 7) is 0.448. The van der Waals surface area contributed by atoms with E-state index in [4.69, 9.17) is 0 Å². The van der Waals surface area contributed by atoms with Crippen LogP contribution in [0.3, 0.4) is 0 Å². The highest BCUT2D eigenvalue weighted by Crippen LogP contribution is 2.25. The quantitative estimate of drug-likeness (QED) is 0.688. The van der Waals surface area contributed by atoms with Crippen molar-refractivity contribution in [1.82, 2.24) is 4.90 Å². The van der Waals surface area contributed by atoms with Gasteiger partial charge in [0.15, 0.2) is 9.84 Å². The molecule has 1 atom stereocenters. The summed E-state index contributed by atoms with van der Waals surface area (Å²) in [7, 11) is -3.06. The predicted octanol–water partition coefficient (Wildman–Crippen LogP) is 3.73. The minimum Gasteiger partial charge on any atom is -0.329 e. The van der Waals surface area contributed by atoms with Gasteiger partial charge in [0, 0.05) is 16.5 Å². The number of hydrogen-bond acceptors (Lipinski definition) is 4. The van der Waals surface area contributed by atoms with Crippen molar-refractivity contribution in [2.24, 2.45) is 0 Å². The summed E-state index contributed by atoms with van der Waals surface area (Å²) in [4.78, 5) is 16.0. The van der Waals surface area contributed by atoms with E-state index in [1.165, 1.54) is 0 Å². The van der Waals surface area contributed by atoms with Crippen LogP contribution < -0.4 is 0 Å². The summed E-state index contributed by atoms with van der Waals surface area (Å²) in [6, 6.07) is 17.2. The summed E-state index contributed by atoms with van der Waals surface area (Å²) in [6.07, 6.45) is 0.507. The molecule has 26 heavy (non-hydrogen) atoms. The molecule has 1 aliphatic heterocycles. The van der Waals surface area contributed by atoms with Crippen LogP contribution in [-0.2, 0) is 16.4 Å². The Kier molecular flexibility index (Phi) is 4.54. The van der Waals surface area contributed by atoms with Crippen molar-refractivity contribution in [3.63, 3.8) is 0 Å². The van der Waals surface area contributed by atoms with Crippen LogP contribution in [0, 0.1) is 0 Å². The van der Waals surface area contributed by atoms with Crippen LogP contribution in [0.25, 0.3) is 10.8 Å². The van der Waals surface area contributed by atoms with Crippen molar-refractivity contribution in [2.45, 2.75) is 19.0 Å². The number of amides is 1. The summed E-state index contributed by atoms with van der Waals surface area (Å²) in [5.74, 6) is 0.104. The van der Waals surface area contributed by atoms with Crippen LogP contribution in [0.2, 0.25) is 0 Å². The average Bonchev–Trinajstić information content (AvgIpc) is 3.27. The molecule has 4 rings (SSSR count). The third-order valence-corrected chi connectivity index (χ3v) is 7.42. The molecule has 134 valence electrons. The summed E-state index contributed by atoms with van der Waals surface area (Å²) in [5, 5.41) is 4.06. The minimum atomic E-state index is -3.06. The molecule has 2 heterocycles. The lowest BCUT2D eigenvalue weighted by Gasteiger charge is -2.28. The predicted molar refractivity (Wildman–Crippen MR) is 105 cm³/mol. The van der Waals surface area contributed by atoms with E-state index in [-0.39, 0.29) is 23.5 Å². The highest BCUT2D eigenvalue weighted by atomic mass is 32.2. The Morgan fingerprint density at radius 2 is 1.88 bits per heavy atom. The van der Waals surface area contributed by atoms with Crippen molar-refractivity contribution in [2.75, 3.05) is 11.5 Å². The van der Waals surface area contributed by atoms with Gasteiger partial charge in [0.25, 0.3) is 5.91 Å². The zero-order valence-corrected chi connectivity index (χ0v) is 15.8. The van der Waals surface area contributed by atoms with Gasteiger partial charge in [-0.25, -0.2) is 8.42 Å². The van der Waals surface area contributed by atoms with Gasteiger partial charge in [0.2, 0.25) is 0 Å². The van der Waals surface area contributed by atoms with E-state index >= 15 is 0 Å². The fourth-order valence-corrected chi connectivity index (χ4v) is 5.88. The Labute approximate surface area is 157 Å². The zero-order valence-electron chi connectivity index (χ0n) is 14.2. The first-order chi connectivity index (χ1) is 12.5. The molecule has 1 aromatic heterocycles. The second-order valence-electron chi connectivity index (χ2n) is 6.63. The number of hydrogen-bond donors (Lipinski definition) is 0. The number of sulfone groups is 1. The van der Waals surface area contributed by atoms with Crippen molar-refractivity contribution < 1.29 is 13.2 Å². The molecule has 6 heteroatoms. The number of nitrogens with zero attached hydrogens (tertiary/aromatic N) is 1. The first kappa shape index (κ1) is 17.2. The molecular formula is C20H19NO3S2. The number of benzene rings is 2. The molecule has 1 aliphatic rings. The van der Waals surface area contributed by atoms with Crippen LogP contribution >= 0.6 is 11.3 Å². The first-order valence-corrected chi connectivity index (χ1v) is 11.2. The second-order valence-corrected chi connectivity index (χ2v) is 9.89. The van der Waals surface area contributed by atoms with Gasteiger partial charge in [0.1, 0.15) is 0 Å². The lowest BCUT2D eigenvalue weighted by atomic mass is 10.1. The van der Waals surface area contributed by atoms with E-state index in [0.29, 0.717) is 18.5 Å². The van der Waals surface area contributed by atoms with Gasteiger partial charge in [-0.3, -0.25) is 4.79 Å². The monoisotopic (exact) mass is 385 g/mol. The zero-order chi connectivity index (χ0) is 18.1. The molecule has 0 radical (unpaired) electrons. The molecule has 0 unspecified atom stereocenters. The van der Waals surface area contributed by atoms with Crippen LogP contribution in [-0.4, -0.2) is 36.8 Å². The third kappa shape index (κ3) is 3.52. The molecule has 1 fully saturated rings. The number of fused-ring (bicyclic) bond motifs is 1. The minimum absolute atomic E-state index is 0.0533. The van der Waals surface area contributed by atoms with Gasteiger partial charge < -0.3 is 4.90 Å². The maximum atomic E-state index is 13.2. The lowest BCUT2D eigenvalue weighted by Crippen LogP contribution is -2.40. The standard InChI is InChI=1S/C20H19NO3S2/c22-20(17-8-7-15-4-1-2-5-16(15)12-17)21(13-19-6-3-10-25-19)18-9-11-26(23,24)14-18/h1-8,10,12,18H,9,11,13-14H2/t18-/m0/s1. The van der Waals surface area contributed by atoms with Crippen LogP contribution in [0.4, 0.5) is 0 Å². The Bertz CT molecular complexity index is 1040. The smallest absolute Gasteiger partial charge is 0.254 e. The number of rotatable bonds is 4. The van der Waals surface area contributed by atoms with E-state index in [0.717, 1.165) is 15.6 Å². The first-order valence-electron chi connectivity index (χ1n) is 8.54. The van der Waals surface area contributed by atoms with Crippen LogP contribution in [0.15, 0.2) is 60.0 Å². The van der Waals surface area contributed by atoms with Gasteiger partial charge in [-0.2, -0.15) is 0 Å². The number of thiophene rings is 1. The SMILES string of the molecule is O=C(c1ccc2ccccc2c1)N(Cc1cccs1)[C@H]1CCS(=O)(=O)C1. The van der Waals surface area contributed by atoms with Gasteiger partial charge in [-0.1, -0.05) is 36.4 Å². The van der Waals surface area contributed by atoms with E-state index in [1.54, 1.807) is 16.2 Å². The Balaban J connectivity index is 1.68. The molecule has 0 aliphatic carbocycles. The molecular weight excluding hydrogens is 366 g/mol. The Hall–Kier alpha value is -2.18. The number of carbonyl (C=O) groups excluding carboxylic acids is 1. The van der Waals surface area contributed by atoms with Crippen molar-refractivity contribution in [3.05, 3.63) is 70.4 Å². The van der Waals surface area contributed by atoms with Crippen molar-refractivity contribution in [3.8, 4) is 0 Å². The largest absolute Gasteiger partial charge is 0.329 e. The van der Waals surface area contributed by atoms with Crippen molar-refractivity contribution >= 4 is 37.9 Å². The highest BCUT2D eigenvalue weighted by molar-refractivity contribution is 7.91. The second kappa shape index (κ2) is 6.85. The topological polar surface area (TPSA) is 54.5 Å². The summed E-state index contributed by atoms with van der Waals surface area (Å²) < 4.78 is 23.9. The van der Waals surface area contributed by atoms with Crippen LogP contribution in [0.1, 0.15) is 21.7 Å². The third-order valence-electron chi connectivity index (χ3n) is 4.81. The fourth-order valence-electron chi connectivity index (χ4n) is 3.45. The van der Waals surface area contributed by atoms with Crippen molar-refractivity contribution in [1.29, 1.82) is 0 Å². The van der Waals surface area contributed by atoms with Crippen LogP contribution in [0.5, 0.6) is 0 Å². The van der Waals surface area contributed by atoms with Gasteiger partial charge in [0.05, 0.1) is 18.1 Å². The molecule has 0 spiro atoms. The Morgan fingerprint density at radius 3 is 2.58 bits per heavy atom. The molecule has 2 aromatic carbocycles. The molecule has 1 saturated heterocycles. The maximum absolute atomic E-state index is 13.2. The van der Waals surface area contributed by atoms with Gasteiger partial charge in [-0.15, -0.1) is 11.3 Å². The summed E-state index contributed by atoms with van der Waals surface area (Å²) in [5.41, 5.74) is 0.601. The molecule has 0 bridgehead atoms. The highest BCUT2D eigenvalue weighted by Gasteiger charge is 2.35. The maximum Gasteiger partial charge on any atom is 0.254 e. The fraction of sp³-hybridized carbons (Fsp3) is 0.250. The molecule has 0 saturated carbocycles. The van der Waals surface area contributed by atoms with E-state index in [2.05, 4.69) is 0 Å². The number of carbonyl (C=O) groups is 1. The average molecular weight is 386 g/mol. The van der Waals surface area contributed by atoms with E-state index in [1.807, 2.05) is 60.0 Å². The van der Waals surface area contributed by atoms with Gasteiger partial charge in [-0.05, 0) is 40.8 Å². The summed E-state index contributed by atoms with van der Waals surface area (Å²) >= 11 is 1.58. The molecule has 0 N–H and O–H groups in total. The van der Waals surface area contributed by atoms with E-state index in [9.17, 15) is 13.2 Å². The Morgan fingerprint density at radius 1 is 1.08 bits per heavy atom. The lowest BCUT2D eigenvalue weighted by molar-refractivity contribution is 0.0683. The normalized spacial score (nSPS) is 18.8. The molecule has 1 amide bonds. The molecule has 3 aromatic rings. The van der Waals surface area contributed by atoms with Gasteiger partial charge >= 0.3 is 0 Å². The molecule has 4 nitrogen and oxygen atoms in total.